The van der Waals surface area contributed by atoms with Gasteiger partial charge in [-0.1, -0.05) is 5.16 Å². The number of amides is 1. The second-order valence-corrected chi connectivity index (χ2v) is 4.55. The number of hydrogen-bond acceptors (Lipinski definition) is 6. The maximum atomic E-state index is 12.1. The molecule has 0 unspecified atom stereocenters. The zero-order chi connectivity index (χ0) is 12.6. The molecule has 1 amide bonds. The first kappa shape index (κ1) is 15.1. The number of carbonyl (C=O) groups is 1. The fourth-order valence-electron chi connectivity index (χ4n) is 0.964. The highest BCUT2D eigenvalue weighted by Gasteiger charge is 2.37. The van der Waals surface area contributed by atoms with E-state index in [4.69, 9.17) is 14.3 Å². The molecule has 2 N–H and O–H groups in total. The number of hydrogen-bond donors (Lipinski definition) is 2. The second kappa shape index (κ2) is 7.38. The molecule has 0 radical (unpaired) electrons. The number of nitrogens with zero attached hydrogens (tertiary/aromatic N) is 1. The molecule has 0 fully saturated rings. The predicted molar refractivity (Wildman–Crippen MR) is 58.8 cm³/mol. The van der Waals surface area contributed by atoms with Gasteiger partial charge in [0.15, 0.2) is 0 Å². The van der Waals surface area contributed by atoms with Gasteiger partial charge in [0.1, 0.15) is 0 Å². The monoisotopic (exact) mass is 252 g/mol. The van der Waals surface area contributed by atoms with Crippen LogP contribution in [-0.4, -0.2) is 36.3 Å². The predicted octanol–water partition coefficient (Wildman–Crippen LogP) is 1.18. The van der Waals surface area contributed by atoms with Crippen molar-refractivity contribution < 1.29 is 23.6 Å². The fourth-order valence-corrected chi connectivity index (χ4v) is 2.40. The third-order valence-electron chi connectivity index (χ3n) is 1.49. The molecule has 0 rings (SSSR count). The largest absolute Gasteiger partial charge is 0.410 e. The van der Waals surface area contributed by atoms with Gasteiger partial charge in [-0.25, -0.2) is 0 Å². The van der Waals surface area contributed by atoms with Crippen molar-refractivity contribution in [1.82, 2.24) is 5.32 Å². The summed E-state index contributed by atoms with van der Waals surface area (Å²) in [6.45, 7) is 5.34. The van der Waals surface area contributed by atoms with E-state index >= 15 is 0 Å². The van der Waals surface area contributed by atoms with E-state index in [9.17, 15) is 9.36 Å². The van der Waals surface area contributed by atoms with E-state index in [1.807, 2.05) is 0 Å². The van der Waals surface area contributed by atoms with Gasteiger partial charge in [-0.15, -0.1) is 0 Å². The summed E-state index contributed by atoms with van der Waals surface area (Å²) in [5.41, 5.74) is -0.627. The van der Waals surface area contributed by atoms with Crippen LogP contribution in [0.15, 0.2) is 5.16 Å². The van der Waals surface area contributed by atoms with Crippen LogP contribution in [0.25, 0.3) is 0 Å². The van der Waals surface area contributed by atoms with E-state index in [2.05, 4.69) is 10.5 Å². The maximum Gasteiger partial charge on any atom is 0.388 e. The molecule has 0 atom stereocenters. The van der Waals surface area contributed by atoms with Gasteiger partial charge in [-0.2, -0.15) is 0 Å². The van der Waals surface area contributed by atoms with Crippen LogP contribution in [0.4, 0.5) is 0 Å². The summed E-state index contributed by atoms with van der Waals surface area (Å²) in [7, 11) is -3.83. The Balaban J connectivity index is 5.01. The van der Waals surface area contributed by atoms with Gasteiger partial charge in [0.2, 0.25) is 0 Å². The summed E-state index contributed by atoms with van der Waals surface area (Å²) in [4.78, 5) is 11.4. The van der Waals surface area contributed by atoms with Crippen LogP contribution >= 0.6 is 7.60 Å². The van der Waals surface area contributed by atoms with Gasteiger partial charge in [-0.05, 0) is 20.8 Å². The van der Waals surface area contributed by atoms with Gasteiger partial charge < -0.3 is 19.6 Å². The SMILES string of the molecule is CCNC(=O)/C(=N/O)P(=O)(OCC)OCC. The molecule has 0 aliphatic rings. The van der Waals surface area contributed by atoms with Crippen LogP contribution in [0.2, 0.25) is 0 Å². The van der Waals surface area contributed by atoms with Gasteiger partial charge >= 0.3 is 7.60 Å². The van der Waals surface area contributed by atoms with Crippen molar-refractivity contribution in [3.8, 4) is 0 Å². The lowest BCUT2D eigenvalue weighted by Gasteiger charge is -2.16. The first-order chi connectivity index (χ1) is 7.55. The Labute approximate surface area is 94.3 Å². The minimum atomic E-state index is -3.83. The van der Waals surface area contributed by atoms with Gasteiger partial charge in [0, 0.05) is 6.54 Å². The highest BCUT2D eigenvalue weighted by Crippen LogP contribution is 2.49. The smallest absolute Gasteiger partial charge is 0.388 e. The van der Waals surface area contributed by atoms with Crippen LogP contribution in [0, 0.1) is 0 Å². The average Bonchev–Trinajstić information content (AvgIpc) is 2.19. The van der Waals surface area contributed by atoms with E-state index < -0.39 is 19.0 Å². The standard InChI is InChI=1S/C8H17N2O5P/c1-4-9-7(11)8(10-12)16(13,14-5-2)15-6-3/h12H,4-6H2,1-3H3,(H,9,11)/b10-8-. The first-order valence-corrected chi connectivity index (χ1v) is 6.49. The third kappa shape index (κ3) is 3.92. The Morgan fingerprint density at radius 2 is 1.81 bits per heavy atom. The van der Waals surface area contributed by atoms with E-state index in [1.165, 1.54) is 0 Å². The van der Waals surface area contributed by atoms with Crippen LogP contribution in [-0.2, 0) is 18.4 Å². The first-order valence-electron chi connectivity index (χ1n) is 4.95. The van der Waals surface area contributed by atoms with Crippen LogP contribution in [0.5, 0.6) is 0 Å². The Morgan fingerprint density at radius 3 is 2.12 bits per heavy atom. The zero-order valence-corrected chi connectivity index (χ0v) is 10.5. The molecule has 0 bridgehead atoms. The quantitative estimate of drug-likeness (QED) is 0.307. The summed E-state index contributed by atoms with van der Waals surface area (Å²) in [6, 6.07) is 0. The van der Waals surface area contributed by atoms with Crippen molar-refractivity contribution in [2.75, 3.05) is 19.8 Å². The van der Waals surface area contributed by atoms with Crippen molar-refractivity contribution in [2.45, 2.75) is 20.8 Å². The number of oxime groups is 1. The average molecular weight is 252 g/mol. The summed E-state index contributed by atoms with van der Waals surface area (Å²) in [6.07, 6.45) is 0. The number of rotatable bonds is 7. The van der Waals surface area contributed by atoms with Crippen molar-refractivity contribution >= 4 is 19.0 Å². The van der Waals surface area contributed by atoms with Crippen LogP contribution < -0.4 is 5.32 Å². The minimum Gasteiger partial charge on any atom is -0.410 e. The summed E-state index contributed by atoms with van der Waals surface area (Å²) >= 11 is 0. The lowest BCUT2D eigenvalue weighted by molar-refractivity contribution is -0.114. The lowest BCUT2D eigenvalue weighted by atomic mass is 10.6. The molecule has 0 spiro atoms. The van der Waals surface area contributed by atoms with Crippen molar-refractivity contribution in [3.05, 3.63) is 0 Å². The molecule has 0 aliphatic carbocycles. The summed E-state index contributed by atoms with van der Waals surface area (Å²) in [5.74, 6) is -0.768. The molecular formula is C8H17N2O5P. The second-order valence-electron chi connectivity index (χ2n) is 2.62. The van der Waals surface area contributed by atoms with Gasteiger partial charge in [0.05, 0.1) is 13.2 Å². The normalized spacial score (nSPS) is 12.6. The third-order valence-corrected chi connectivity index (χ3v) is 3.50. The topological polar surface area (TPSA) is 97.2 Å². The van der Waals surface area contributed by atoms with Crippen LogP contribution in [0.3, 0.4) is 0 Å². The summed E-state index contributed by atoms with van der Waals surface area (Å²) < 4.78 is 21.8. The Kier molecular flexibility index (Phi) is 6.96. The van der Waals surface area contributed by atoms with Gasteiger partial charge in [0.25, 0.3) is 11.4 Å². The van der Waals surface area contributed by atoms with Crippen LogP contribution in [0.1, 0.15) is 20.8 Å². The molecule has 0 aromatic carbocycles. The zero-order valence-electron chi connectivity index (χ0n) is 9.60. The van der Waals surface area contributed by atoms with Gasteiger partial charge in [-0.3, -0.25) is 9.36 Å². The van der Waals surface area contributed by atoms with Crippen molar-refractivity contribution in [3.63, 3.8) is 0 Å². The molecular weight excluding hydrogens is 235 g/mol. The van der Waals surface area contributed by atoms with E-state index in [0.717, 1.165) is 0 Å². The molecule has 0 heterocycles. The molecule has 0 saturated carbocycles. The highest BCUT2D eigenvalue weighted by molar-refractivity contribution is 7.75. The molecule has 8 heteroatoms. The lowest BCUT2D eigenvalue weighted by Crippen LogP contribution is -2.31. The molecule has 0 aromatic rings. The minimum absolute atomic E-state index is 0.0791. The van der Waals surface area contributed by atoms with Crippen molar-refractivity contribution in [2.24, 2.45) is 5.16 Å². The molecule has 0 saturated heterocycles. The Bertz CT molecular complexity index is 295. The van der Waals surface area contributed by atoms with Crippen molar-refractivity contribution in [1.29, 1.82) is 0 Å². The van der Waals surface area contributed by atoms with E-state index in [0.29, 0.717) is 6.54 Å². The highest BCUT2D eigenvalue weighted by atomic mass is 31.2. The Hall–Kier alpha value is -0.910. The maximum absolute atomic E-state index is 12.1. The molecule has 16 heavy (non-hydrogen) atoms. The molecule has 0 aromatic heterocycles. The Morgan fingerprint density at radius 1 is 1.31 bits per heavy atom. The molecule has 0 aliphatic heterocycles. The number of carbonyl (C=O) groups excluding carboxylic acids is 1. The fraction of sp³-hybridized carbons (Fsp3) is 0.750. The van der Waals surface area contributed by atoms with E-state index in [-0.39, 0.29) is 13.2 Å². The molecule has 7 nitrogen and oxygen atoms in total. The summed E-state index contributed by atoms with van der Waals surface area (Å²) in [5, 5.41) is 13.8. The molecule has 94 valence electrons. The number of nitrogens with one attached hydrogen (secondary N) is 1. The van der Waals surface area contributed by atoms with E-state index in [1.54, 1.807) is 20.8 Å².